The predicted octanol–water partition coefficient (Wildman–Crippen LogP) is -0.304. The summed E-state index contributed by atoms with van der Waals surface area (Å²) in [6.45, 7) is 6.25. The fourth-order valence-corrected chi connectivity index (χ4v) is 4.96. The van der Waals surface area contributed by atoms with E-state index in [0.29, 0.717) is 21.2 Å². The number of halogens is 1. The van der Waals surface area contributed by atoms with E-state index in [0.717, 1.165) is 15.8 Å². The van der Waals surface area contributed by atoms with E-state index in [9.17, 15) is 0 Å². The van der Waals surface area contributed by atoms with Crippen molar-refractivity contribution in [1.82, 2.24) is 0 Å². The molecule has 3 unspecified atom stereocenters. The topological polar surface area (TPSA) is 0 Å². The van der Waals surface area contributed by atoms with Crippen LogP contribution in [0.15, 0.2) is 12.7 Å². The van der Waals surface area contributed by atoms with Crippen molar-refractivity contribution in [2.24, 2.45) is 11.8 Å². The van der Waals surface area contributed by atoms with E-state index in [-0.39, 0.29) is 0 Å². The molecule has 11 heavy (non-hydrogen) atoms. The van der Waals surface area contributed by atoms with Gasteiger partial charge in [0.1, 0.15) is 0 Å². The molecule has 1 rings (SSSR count). The van der Waals surface area contributed by atoms with Gasteiger partial charge in [0.15, 0.2) is 0 Å². The Morgan fingerprint density at radius 1 is 1.55 bits per heavy atom. The third-order valence-corrected chi connectivity index (χ3v) is 5.96. The molecule has 0 heterocycles. The van der Waals surface area contributed by atoms with Gasteiger partial charge < -0.3 is 0 Å². The van der Waals surface area contributed by atoms with Crippen molar-refractivity contribution in [2.75, 3.05) is 4.93 Å². The summed E-state index contributed by atoms with van der Waals surface area (Å²) in [4.78, 5) is 2.43. The third-order valence-electron chi connectivity index (χ3n) is 2.81. The number of hydrogen-bond acceptors (Lipinski definition) is 0. The van der Waals surface area contributed by atoms with Crippen molar-refractivity contribution in [1.29, 1.82) is 0 Å². The Morgan fingerprint density at radius 2 is 2.27 bits per heavy atom. The van der Waals surface area contributed by atoms with E-state index >= 15 is 0 Å². The average Bonchev–Trinajstić information content (AvgIpc) is 2.34. The predicted molar refractivity (Wildman–Crippen MR) is 46.4 cm³/mol. The van der Waals surface area contributed by atoms with Crippen LogP contribution >= 0.6 is 0 Å². The molecule has 1 saturated carbocycles. The zero-order valence-electron chi connectivity index (χ0n) is 7.52. The minimum atomic E-state index is 0.476. The summed E-state index contributed by atoms with van der Waals surface area (Å²) in [5.74, 6) is 1.96. The molecule has 0 aromatic carbocycles. The first-order chi connectivity index (χ1) is 5.29. The Balaban J connectivity index is 2.48. The van der Waals surface area contributed by atoms with Gasteiger partial charge in [-0.15, -0.1) is 0 Å². The molecule has 1 aliphatic carbocycles. The molecule has 1 fully saturated rings. The van der Waals surface area contributed by atoms with Crippen LogP contribution in [0.2, 0.25) is 0 Å². The molecule has 0 aromatic heterocycles. The van der Waals surface area contributed by atoms with E-state index in [1.54, 1.807) is 0 Å². The van der Waals surface area contributed by atoms with Gasteiger partial charge in [0, 0.05) is 0 Å². The molecule has 0 saturated heterocycles. The molecular weight excluding hydrogens is 247 g/mol. The molecule has 1 heteroatoms. The summed E-state index contributed by atoms with van der Waals surface area (Å²) < 4.78 is 1.10. The fourth-order valence-electron chi connectivity index (χ4n) is 2.05. The van der Waals surface area contributed by atoms with Crippen molar-refractivity contribution in [3.05, 3.63) is 12.7 Å². The summed E-state index contributed by atoms with van der Waals surface area (Å²) in [6, 6.07) is 0. The first-order valence-electron chi connectivity index (χ1n) is 4.38. The third kappa shape index (κ3) is 2.20. The van der Waals surface area contributed by atoms with E-state index in [1.807, 2.05) is 0 Å². The van der Waals surface area contributed by atoms with Gasteiger partial charge in [0.2, 0.25) is 0 Å². The van der Waals surface area contributed by atoms with Crippen LogP contribution in [0.3, 0.4) is 0 Å². The Hall–Kier alpha value is 0.470. The second kappa shape index (κ2) is 4.48. The molecular formula is C10H18I-. The molecule has 0 radical (unpaired) electrons. The molecule has 0 nitrogen and oxygen atoms in total. The van der Waals surface area contributed by atoms with Crippen molar-refractivity contribution in [3.63, 3.8) is 0 Å². The number of rotatable bonds is 3. The summed E-state index contributed by atoms with van der Waals surface area (Å²) in [5, 5.41) is 0. The normalized spacial score (nSPS) is 37.8. The summed E-state index contributed by atoms with van der Waals surface area (Å²) in [5.41, 5.74) is 0. The standard InChI is InChI=1S/C10H18I/c1-4-5-9-8(2)6-7-10(9)11-3/h4,8-10H,1,5-7H2,2-3H3/q-1. The van der Waals surface area contributed by atoms with Crippen LogP contribution < -0.4 is 21.2 Å². The van der Waals surface area contributed by atoms with Gasteiger partial charge in [-0.25, -0.2) is 0 Å². The molecule has 3 atom stereocenters. The first-order valence-corrected chi connectivity index (χ1v) is 7.78. The Bertz CT molecular complexity index is 131. The van der Waals surface area contributed by atoms with Crippen LogP contribution in [-0.2, 0) is 0 Å². The second-order valence-corrected chi connectivity index (χ2v) is 6.32. The summed E-state index contributed by atoms with van der Waals surface area (Å²) in [6.07, 6.45) is 6.35. The second-order valence-electron chi connectivity index (χ2n) is 3.48. The number of allylic oxidation sites excluding steroid dienone is 1. The van der Waals surface area contributed by atoms with Gasteiger partial charge in [0.05, 0.1) is 0 Å². The van der Waals surface area contributed by atoms with E-state index in [1.165, 1.54) is 19.3 Å². The van der Waals surface area contributed by atoms with Gasteiger partial charge in [-0.05, 0) is 0 Å². The molecule has 1 aliphatic rings. The van der Waals surface area contributed by atoms with Gasteiger partial charge in [-0.2, -0.15) is 0 Å². The van der Waals surface area contributed by atoms with E-state index < -0.39 is 0 Å². The molecule has 0 aliphatic heterocycles. The molecule has 0 bridgehead atoms. The zero-order valence-corrected chi connectivity index (χ0v) is 9.67. The van der Waals surface area contributed by atoms with Crippen molar-refractivity contribution in [3.8, 4) is 0 Å². The van der Waals surface area contributed by atoms with Crippen molar-refractivity contribution >= 4 is 0 Å². The van der Waals surface area contributed by atoms with Crippen LogP contribution in [0.4, 0.5) is 0 Å². The zero-order chi connectivity index (χ0) is 8.27. The summed E-state index contributed by atoms with van der Waals surface area (Å²) in [7, 11) is 0. The van der Waals surface area contributed by atoms with Gasteiger partial charge >= 0.3 is 80.7 Å². The van der Waals surface area contributed by atoms with Crippen LogP contribution in [-0.4, -0.2) is 8.86 Å². The van der Waals surface area contributed by atoms with Crippen LogP contribution in [0.25, 0.3) is 0 Å². The van der Waals surface area contributed by atoms with Gasteiger partial charge in [-0.3, -0.25) is 0 Å². The Morgan fingerprint density at radius 3 is 2.82 bits per heavy atom. The molecule has 0 N–H and O–H groups in total. The monoisotopic (exact) mass is 265 g/mol. The van der Waals surface area contributed by atoms with Crippen molar-refractivity contribution < 1.29 is 21.2 Å². The summed E-state index contributed by atoms with van der Waals surface area (Å²) >= 11 is 0.476. The maximum absolute atomic E-state index is 3.84. The SMILES string of the molecule is C=CCC1C(C)CCC1[I-]C. The quantitative estimate of drug-likeness (QED) is 0.373. The Labute approximate surface area is 80.7 Å². The van der Waals surface area contributed by atoms with Gasteiger partial charge in [0.25, 0.3) is 0 Å². The fraction of sp³-hybridized carbons (Fsp3) is 0.800. The molecule has 66 valence electrons. The van der Waals surface area contributed by atoms with E-state index in [4.69, 9.17) is 0 Å². The van der Waals surface area contributed by atoms with Crippen LogP contribution in [0.5, 0.6) is 0 Å². The van der Waals surface area contributed by atoms with Crippen LogP contribution in [0, 0.1) is 11.8 Å². The van der Waals surface area contributed by atoms with Crippen LogP contribution in [0.1, 0.15) is 26.2 Å². The number of hydrogen-bond donors (Lipinski definition) is 0. The maximum atomic E-state index is 3.84. The molecule has 0 spiro atoms. The minimum absolute atomic E-state index is 0.476. The van der Waals surface area contributed by atoms with Crippen molar-refractivity contribution in [2.45, 2.75) is 30.1 Å². The first kappa shape index (κ1) is 9.56. The van der Waals surface area contributed by atoms with Gasteiger partial charge in [-0.1, -0.05) is 0 Å². The number of alkyl halides is 2. The molecule has 0 amide bonds. The Kier molecular flexibility index (Phi) is 3.90. The molecule has 0 aromatic rings. The average molecular weight is 265 g/mol. The van der Waals surface area contributed by atoms with E-state index in [2.05, 4.69) is 24.5 Å².